The predicted octanol–water partition coefficient (Wildman–Crippen LogP) is 0.395. The zero-order chi connectivity index (χ0) is 9.68. The molecule has 1 unspecified atom stereocenters. The summed E-state index contributed by atoms with van der Waals surface area (Å²) in [6.45, 7) is 7.47. The number of hydrogen-bond acceptors (Lipinski definition) is 3. The van der Waals surface area contributed by atoms with Crippen molar-refractivity contribution in [3.8, 4) is 0 Å². The molecule has 0 amide bonds. The van der Waals surface area contributed by atoms with Crippen LogP contribution in [0.4, 0.5) is 0 Å². The molecular weight excluding hydrogens is 164 g/mol. The molecule has 1 N–H and O–H groups in total. The summed E-state index contributed by atoms with van der Waals surface area (Å²) in [7, 11) is 2.15. The quantitative estimate of drug-likeness (QED) is 0.688. The highest BCUT2D eigenvalue weighted by Gasteiger charge is 2.15. The molecule has 1 aliphatic heterocycles. The first-order chi connectivity index (χ1) is 6.22. The standard InChI is InChI=1S/C10H22N2O/c1-3-4-10(13)9-12-7-5-11(2)6-8-12/h10,13H,3-9H2,1-2H3. The van der Waals surface area contributed by atoms with Crippen molar-refractivity contribution in [3.63, 3.8) is 0 Å². The van der Waals surface area contributed by atoms with Crippen LogP contribution in [0.1, 0.15) is 19.8 Å². The lowest BCUT2D eigenvalue weighted by molar-refractivity contribution is 0.0755. The van der Waals surface area contributed by atoms with Gasteiger partial charge in [-0.15, -0.1) is 0 Å². The lowest BCUT2D eigenvalue weighted by atomic mass is 10.2. The molecule has 0 saturated carbocycles. The van der Waals surface area contributed by atoms with Crippen molar-refractivity contribution in [3.05, 3.63) is 0 Å². The minimum Gasteiger partial charge on any atom is -0.392 e. The highest BCUT2D eigenvalue weighted by Crippen LogP contribution is 2.03. The Bertz CT molecular complexity index is 133. The molecule has 1 rings (SSSR count). The third-order valence-corrected chi connectivity index (χ3v) is 2.69. The zero-order valence-electron chi connectivity index (χ0n) is 8.87. The summed E-state index contributed by atoms with van der Waals surface area (Å²) in [5, 5.41) is 9.61. The number of aliphatic hydroxyl groups excluding tert-OH is 1. The second-order valence-corrected chi connectivity index (χ2v) is 4.05. The minimum absolute atomic E-state index is 0.117. The van der Waals surface area contributed by atoms with E-state index in [-0.39, 0.29) is 6.10 Å². The Labute approximate surface area is 81.3 Å². The molecule has 0 aromatic heterocycles. The van der Waals surface area contributed by atoms with Gasteiger partial charge in [-0.3, -0.25) is 4.90 Å². The first-order valence-corrected chi connectivity index (χ1v) is 5.31. The van der Waals surface area contributed by atoms with Crippen LogP contribution in [-0.2, 0) is 0 Å². The summed E-state index contributed by atoms with van der Waals surface area (Å²) in [5.74, 6) is 0. The van der Waals surface area contributed by atoms with Crippen molar-refractivity contribution in [2.75, 3.05) is 39.8 Å². The molecule has 0 radical (unpaired) electrons. The van der Waals surface area contributed by atoms with Crippen molar-refractivity contribution in [2.24, 2.45) is 0 Å². The molecule has 78 valence electrons. The second kappa shape index (κ2) is 5.58. The molecule has 3 nitrogen and oxygen atoms in total. The molecule has 1 fully saturated rings. The van der Waals surface area contributed by atoms with Crippen LogP contribution in [0, 0.1) is 0 Å². The topological polar surface area (TPSA) is 26.7 Å². The van der Waals surface area contributed by atoms with Gasteiger partial charge in [-0.2, -0.15) is 0 Å². The van der Waals surface area contributed by atoms with Gasteiger partial charge >= 0.3 is 0 Å². The Hall–Kier alpha value is -0.120. The molecule has 0 aromatic rings. The zero-order valence-corrected chi connectivity index (χ0v) is 8.87. The molecule has 1 aliphatic rings. The number of aliphatic hydroxyl groups is 1. The van der Waals surface area contributed by atoms with Crippen LogP contribution in [0.2, 0.25) is 0 Å². The van der Waals surface area contributed by atoms with Gasteiger partial charge < -0.3 is 10.0 Å². The molecule has 13 heavy (non-hydrogen) atoms. The van der Waals surface area contributed by atoms with Crippen molar-refractivity contribution in [1.82, 2.24) is 9.80 Å². The molecule has 3 heteroatoms. The highest BCUT2D eigenvalue weighted by atomic mass is 16.3. The largest absolute Gasteiger partial charge is 0.392 e. The monoisotopic (exact) mass is 186 g/mol. The molecule has 1 saturated heterocycles. The average molecular weight is 186 g/mol. The van der Waals surface area contributed by atoms with E-state index in [1.165, 1.54) is 0 Å². The normalized spacial score (nSPS) is 23.3. The van der Waals surface area contributed by atoms with E-state index in [1.807, 2.05) is 0 Å². The van der Waals surface area contributed by atoms with E-state index in [0.29, 0.717) is 0 Å². The summed E-state index contributed by atoms with van der Waals surface area (Å²) < 4.78 is 0. The van der Waals surface area contributed by atoms with Crippen LogP contribution in [0.25, 0.3) is 0 Å². The molecule has 0 aromatic carbocycles. The van der Waals surface area contributed by atoms with E-state index >= 15 is 0 Å². The fourth-order valence-electron chi connectivity index (χ4n) is 1.75. The van der Waals surface area contributed by atoms with Crippen LogP contribution in [0.3, 0.4) is 0 Å². The Morgan fingerprint density at radius 3 is 2.38 bits per heavy atom. The van der Waals surface area contributed by atoms with Gasteiger partial charge in [-0.05, 0) is 13.5 Å². The Morgan fingerprint density at radius 2 is 1.85 bits per heavy atom. The van der Waals surface area contributed by atoms with Gasteiger partial charge in [0, 0.05) is 32.7 Å². The van der Waals surface area contributed by atoms with Crippen molar-refractivity contribution in [1.29, 1.82) is 0 Å². The van der Waals surface area contributed by atoms with Crippen LogP contribution in [0.5, 0.6) is 0 Å². The van der Waals surface area contributed by atoms with Gasteiger partial charge in [-0.1, -0.05) is 13.3 Å². The summed E-state index contributed by atoms with van der Waals surface area (Å²) in [5.41, 5.74) is 0. The van der Waals surface area contributed by atoms with Crippen LogP contribution < -0.4 is 0 Å². The maximum Gasteiger partial charge on any atom is 0.0667 e. The Balaban J connectivity index is 2.14. The smallest absolute Gasteiger partial charge is 0.0667 e. The molecule has 0 bridgehead atoms. The molecule has 0 spiro atoms. The number of nitrogens with zero attached hydrogens (tertiary/aromatic N) is 2. The molecular formula is C10H22N2O. The Kier molecular flexibility index (Phi) is 4.70. The summed E-state index contributed by atoms with van der Waals surface area (Å²) in [6, 6.07) is 0. The van der Waals surface area contributed by atoms with Gasteiger partial charge in [0.1, 0.15) is 0 Å². The first kappa shape index (κ1) is 11.0. The van der Waals surface area contributed by atoms with Crippen molar-refractivity contribution in [2.45, 2.75) is 25.9 Å². The fraction of sp³-hybridized carbons (Fsp3) is 1.00. The van der Waals surface area contributed by atoms with Gasteiger partial charge in [0.15, 0.2) is 0 Å². The summed E-state index contributed by atoms with van der Waals surface area (Å²) in [4.78, 5) is 4.70. The number of piperazine rings is 1. The maximum atomic E-state index is 9.61. The van der Waals surface area contributed by atoms with Crippen LogP contribution in [-0.4, -0.2) is 60.8 Å². The van der Waals surface area contributed by atoms with Gasteiger partial charge in [0.2, 0.25) is 0 Å². The van der Waals surface area contributed by atoms with Crippen molar-refractivity contribution >= 4 is 0 Å². The van der Waals surface area contributed by atoms with Crippen LogP contribution in [0.15, 0.2) is 0 Å². The minimum atomic E-state index is -0.117. The lowest BCUT2D eigenvalue weighted by Crippen LogP contribution is -2.46. The van der Waals surface area contributed by atoms with E-state index in [9.17, 15) is 5.11 Å². The molecule has 1 heterocycles. The second-order valence-electron chi connectivity index (χ2n) is 4.05. The summed E-state index contributed by atoms with van der Waals surface area (Å²) >= 11 is 0. The van der Waals surface area contributed by atoms with Gasteiger partial charge in [0.25, 0.3) is 0 Å². The average Bonchev–Trinajstić information content (AvgIpc) is 2.09. The van der Waals surface area contributed by atoms with Gasteiger partial charge in [-0.25, -0.2) is 0 Å². The van der Waals surface area contributed by atoms with Crippen molar-refractivity contribution < 1.29 is 5.11 Å². The highest BCUT2D eigenvalue weighted by molar-refractivity contribution is 4.71. The van der Waals surface area contributed by atoms with Crippen LogP contribution >= 0.6 is 0 Å². The SMILES string of the molecule is CCCC(O)CN1CCN(C)CC1. The predicted molar refractivity (Wildman–Crippen MR) is 54.9 cm³/mol. The molecule has 0 aliphatic carbocycles. The fourth-order valence-corrected chi connectivity index (χ4v) is 1.75. The summed E-state index contributed by atoms with van der Waals surface area (Å²) in [6.07, 6.45) is 1.90. The van der Waals surface area contributed by atoms with Gasteiger partial charge in [0.05, 0.1) is 6.10 Å². The van der Waals surface area contributed by atoms with E-state index < -0.39 is 0 Å². The maximum absolute atomic E-state index is 9.61. The number of likely N-dealkylation sites (N-methyl/N-ethyl adjacent to an activating group) is 1. The first-order valence-electron chi connectivity index (χ1n) is 5.31. The van der Waals surface area contributed by atoms with E-state index in [0.717, 1.165) is 45.6 Å². The number of β-amino-alcohol motifs (C(OH)–C–C–N with tert-alkyl or cyclic N) is 1. The van der Waals surface area contributed by atoms with E-state index in [2.05, 4.69) is 23.8 Å². The third-order valence-electron chi connectivity index (χ3n) is 2.69. The number of rotatable bonds is 4. The van der Waals surface area contributed by atoms with E-state index in [4.69, 9.17) is 0 Å². The molecule has 1 atom stereocenters. The third kappa shape index (κ3) is 4.07. The lowest BCUT2D eigenvalue weighted by Gasteiger charge is -2.33. The van der Waals surface area contributed by atoms with E-state index in [1.54, 1.807) is 0 Å². The number of hydrogen-bond donors (Lipinski definition) is 1. The Morgan fingerprint density at radius 1 is 1.23 bits per heavy atom.